The van der Waals surface area contributed by atoms with E-state index in [1.54, 1.807) is 6.20 Å². The minimum absolute atomic E-state index is 0.345. The topological polar surface area (TPSA) is 73.9 Å². The van der Waals surface area contributed by atoms with E-state index in [1.165, 1.54) is 24.7 Å². The number of hydrogen-bond donors (Lipinski definition) is 0. The summed E-state index contributed by atoms with van der Waals surface area (Å²) < 4.78 is 2.11. The molecular weight excluding hydrogens is 302 g/mol. The summed E-state index contributed by atoms with van der Waals surface area (Å²) in [5.74, 6) is 1.28. The minimum Gasteiger partial charge on any atom is -0.358 e. The van der Waals surface area contributed by atoms with Crippen molar-refractivity contribution in [1.82, 2.24) is 24.4 Å². The molecule has 7 nitrogen and oxygen atoms in total. The van der Waals surface area contributed by atoms with E-state index >= 15 is 0 Å². The average Bonchev–Trinajstić information content (AvgIpc) is 3.01. The molecule has 0 saturated carbocycles. The zero-order valence-corrected chi connectivity index (χ0v) is 14.4. The van der Waals surface area contributed by atoms with Gasteiger partial charge in [-0.25, -0.2) is 15.0 Å². The zero-order valence-electron chi connectivity index (χ0n) is 14.4. The van der Waals surface area contributed by atoms with Crippen LogP contribution in [0.4, 0.5) is 5.82 Å². The Morgan fingerprint density at radius 2 is 2.12 bits per heavy atom. The second-order valence-corrected chi connectivity index (χ2v) is 6.51. The van der Waals surface area contributed by atoms with E-state index in [4.69, 9.17) is 5.26 Å². The van der Waals surface area contributed by atoms with E-state index in [-0.39, 0.29) is 0 Å². The molecule has 0 radical (unpaired) electrons. The van der Waals surface area contributed by atoms with Gasteiger partial charge in [0.2, 0.25) is 0 Å². The van der Waals surface area contributed by atoms with Crippen LogP contribution in [0.3, 0.4) is 0 Å². The van der Waals surface area contributed by atoms with Crippen LogP contribution in [0.15, 0.2) is 24.9 Å². The predicted octanol–water partition coefficient (Wildman–Crippen LogP) is 1.60. The van der Waals surface area contributed by atoms with Gasteiger partial charge in [0.15, 0.2) is 5.69 Å². The number of nitriles is 1. The molecule has 3 heterocycles. The number of likely N-dealkylation sites (tertiary alicyclic amines) is 1. The highest BCUT2D eigenvalue weighted by Gasteiger charge is 2.33. The zero-order chi connectivity index (χ0) is 17.1. The van der Waals surface area contributed by atoms with E-state index in [9.17, 15) is 0 Å². The lowest BCUT2D eigenvalue weighted by molar-refractivity contribution is 0.118. The Morgan fingerprint density at radius 3 is 2.75 bits per heavy atom. The van der Waals surface area contributed by atoms with Gasteiger partial charge in [0.1, 0.15) is 11.9 Å². The van der Waals surface area contributed by atoms with E-state index in [1.807, 2.05) is 25.6 Å². The third-order valence-electron chi connectivity index (χ3n) is 4.82. The first-order chi connectivity index (χ1) is 11.6. The van der Waals surface area contributed by atoms with Crippen LogP contribution in [-0.4, -0.2) is 51.6 Å². The van der Waals surface area contributed by atoms with Crippen LogP contribution in [0.2, 0.25) is 0 Å². The van der Waals surface area contributed by atoms with Crippen molar-refractivity contribution >= 4 is 5.82 Å². The van der Waals surface area contributed by atoms with Gasteiger partial charge in [0.25, 0.3) is 0 Å². The molecule has 2 atom stereocenters. The summed E-state index contributed by atoms with van der Waals surface area (Å²) in [4.78, 5) is 17.3. The molecule has 126 valence electrons. The average molecular weight is 325 g/mol. The molecule has 7 heteroatoms. The maximum atomic E-state index is 8.84. The fourth-order valence-electron chi connectivity index (χ4n) is 3.59. The second kappa shape index (κ2) is 6.97. The Labute approximate surface area is 142 Å². The number of hydrogen-bond acceptors (Lipinski definition) is 6. The van der Waals surface area contributed by atoms with Crippen LogP contribution in [0.1, 0.15) is 30.3 Å². The van der Waals surface area contributed by atoms with E-state index in [0.29, 0.717) is 17.7 Å². The number of rotatable bonds is 4. The largest absolute Gasteiger partial charge is 0.358 e. The molecule has 0 unspecified atom stereocenters. The summed E-state index contributed by atoms with van der Waals surface area (Å²) >= 11 is 0. The quantitative estimate of drug-likeness (QED) is 0.850. The molecule has 24 heavy (non-hydrogen) atoms. The van der Waals surface area contributed by atoms with Gasteiger partial charge in [0.05, 0.1) is 30.5 Å². The van der Waals surface area contributed by atoms with Crippen molar-refractivity contribution in [3.05, 3.63) is 36.3 Å². The molecule has 2 aromatic rings. The van der Waals surface area contributed by atoms with E-state index < -0.39 is 0 Å². The van der Waals surface area contributed by atoms with Crippen molar-refractivity contribution in [2.24, 2.45) is 13.0 Å². The van der Waals surface area contributed by atoms with Crippen LogP contribution in [-0.2, 0) is 7.05 Å². The molecule has 0 bridgehead atoms. The van der Waals surface area contributed by atoms with Crippen molar-refractivity contribution in [3.8, 4) is 6.07 Å². The van der Waals surface area contributed by atoms with Gasteiger partial charge in [-0.05, 0) is 32.4 Å². The Bertz CT molecular complexity index is 715. The van der Waals surface area contributed by atoms with Gasteiger partial charge in [-0.15, -0.1) is 0 Å². The molecule has 3 rings (SSSR count). The highest BCUT2D eigenvalue weighted by Crippen LogP contribution is 2.35. The summed E-state index contributed by atoms with van der Waals surface area (Å²) in [6.07, 6.45) is 9.41. The minimum atomic E-state index is 0.345. The second-order valence-electron chi connectivity index (χ2n) is 6.51. The maximum absolute atomic E-state index is 8.84. The molecule has 1 aliphatic heterocycles. The van der Waals surface area contributed by atoms with Crippen LogP contribution < -0.4 is 4.90 Å². The normalized spacial score (nSPS) is 21.4. The summed E-state index contributed by atoms with van der Waals surface area (Å²) in [5, 5.41) is 8.84. The summed E-state index contributed by atoms with van der Waals surface area (Å²) in [6, 6.07) is 2.35. The van der Waals surface area contributed by atoms with Crippen LogP contribution >= 0.6 is 0 Å². The van der Waals surface area contributed by atoms with E-state index in [0.717, 1.165) is 18.9 Å². The Hall–Kier alpha value is -2.46. The van der Waals surface area contributed by atoms with Gasteiger partial charge < -0.3 is 9.47 Å². The standard InChI is InChI=1S/C17H23N7/c1-22-6-4-5-13(17(22)15-9-19-12-24(15)3)11-23(2)16-10-20-14(7-18)8-21-16/h8-10,12-13,17H,4-6,11H2,1-3H3/t13-,17+/m0/s1. The smallest absolute Gasteiger partial charge is 0.158 e. The van der Waals surface area contributed by atoms with Crippen LogP contribution in [0.25, 0.3) is 0 Å². The Balaban J connectivity index is 1.78. The molecule has 0 aliphatic carbocycles. The van der Waals surface area contributed by atoms with Gasteiger partial charge in [-0.2, -0.15) is 5.26 Å². The van der Waals surface area contributed by atoms with Gasteiger partial charge in [0, 0.05) is 26.8 Å². The molecule has 2 aromatic heterocycles. The number of piperidine rings is 1. The highest BCUT2D eigenvalue weighted by molar-refractivity contribution is 5.36. The van der Waals surface area contributed by atoms with Crippen LogP contribution in [0.5, 0.6) is 0 Å². The lowest BCUT2D eigenvalue weighted by atomic mass is 9.87. The number of anilines is 1. The van der Waals surface area contributed by atoms with Crippen molar-refractivity contribution in [2.45, 2.75) is 18.9 Å². The first-order valence-corrected chi connectivity index (χ1v) is 8.20. The van der Waals surface area contributed by atoms with Gasteiger partial charge >= 0.3 is 0 Å². The number of imidazole rings is 1. The fraction of sp³-hybridized carbons (Fsp3) is 0.529. The van der Waals surface area contributed by atoms with Crippen molar-refractivity contribution < 1.29 is 0 Å². The van der Waals surface area contributed by atoms with Crippen LogP contribution in [0, 0.1) is 17.2 Å². The van der Waals surface area contributed by atoms with Gasteiger partial charge in [-0.3, -0.25) is 4.90 Å². The van der Waals surface area contributed by atoms with Crippen molar-refractivity contribution in [3.63, 3.8) is 0 Å². The number of aryl methyl sites for hydroxylation is 1. The fourth-order valence-corrected chi connectivity index (χ4v) is 3.59. The molecule has 0 spiro atoms. The Morgan fingerprint density at radius 1 is 1.29 bits per heavy atom. The molecule has 0 aromatic carbocycles. The Kier molecular flexibility index (Phi) is 4.76. The summed E-state index contributed by atoms with van der Waals surface area (Å²) in [5.41, 5.74) is 1.60. The highest BCUT2D eigenvalue weighted by atomic mass is 15.2. The van der Waals surface area contributed by atoms with Crippen molar-refractivity contribution in [2.75, 3.05) is 32.1 Å². The first kappa shape index (κ1) is 16.4. The maximum Gasteiger partial charge on any atom is 0.158 e. The molecule has 1 saturated heterocycles. The third kappa shape index (κ3) is 3.24. The molecule has 0 amide bonds. The lowest BCUT2D eigenvalue weighted by Crippen LogP contribution is -2.42. The molecule has 0 N–H and O–H groups in total. The number of aromatic nitrogens is 4. The number of nitrogens with zero attached hydrogens (tertiary/aromatic N) is 7. The first-order valence-electron chi connectivity index (χ1n) is 8.20. The SMILES string of the molecule is CN(C[C@@H]1CCCN(C)[C@H]1c1cncn1C)c1cnc(C#N)cn1. The lowest BCUT2D eigenvalue weighted by Gasteiger charge is -2.40. The monoisotopic (exact) mass is 325 g/mol. The van der Waals surface area contributed by atoms with E-state index in [2.05, 4.69) is 43.4 Å². The van der Waals surface area contributed by atoms with Gasteiger partial charge in [-0.1, -0.05) is 0 Å². The third-order valence-corrected chi connectivity index (χ3v) is 4.82. The summed E-state index contributed by atoms with van der Waals surface area (Å²) in [7, 11) is 6.27. The predicted molar refractivity (Wildman–Crippen MR) is 91.3 cm³/mol. The summed E-state index contributed by atoms with van der Waals surface area (Å²) in [6.45, 7) is 1.99. The van der Waals surface area contributed by atoms with Crippen molar-refractivity contribution in [1.29, 1.82) is 5.26 Å². The molecular formula is C17H23N7. The molecule has 1 aliphatic rings. The molecule has 1 fully saturated rings.